The second-order valence-electron chi connectivity index (χ2n) is 6.00. The summed E-state index contributed by atoms with van der Waals surface area (Å²) in [7, 11) is 1.43. The SMILES string of the molecule is CO[C@H](C(=O)N[C@@H](Cc1c(C)cccc1C)C(=O)O)c1ccccc1. The molecule has 2 aromatic carbocycles. The first kappa shape index (κ1) is 18.7. The highest BCUT2D eigenvalue weighted by Gasteiger charge is 2.27. The van der Waals surface area contributed by atoms with E-state index in [0.717, 1.165) is 16.7 Å². The lowest BCUT2D eigenvalue weighted by Gasteiger charge is -2.21. The molecule has 0 spiro atoms. The number of carboxylic acid groups (broad SMARTS) is 1. The highest BCUT2D eigenvalue weighted by Crippen LogP contribution is 2.19. The molecular formula is C20H23NO4. The summed E-state index contributed by atoms with van der Waals surface area (Å²) >= 11 is 0. The molecule has 0 fully saturated rings. The number of hydrogen-bond acceptors (Lipinski definition) is 3. The van der Waals surface area contributed by atoms with E-state index in [1.807, 2.05) is 38.1 Å². The summed E-state index contributed by atoms with van der Waals surface area (Å²) in [4.78, 5) is 24.2. The van der Waals surface area contributed by atoms with Gasteiger partial charge in [-0.15, -0.1) is 0 Å². The van der Waals surface area contributed by atoms with Gasteiger partial charge in [0.15, 0.2) is 6.10 Å². The summed E-state index contributed by atoms with van der Waals surface area (Å²) in [5.74, 6) is -1.54. The first-order chi connectivity index (χ1) is 11.9. The number of amides is 1. The van der Waals surface area contributed by atoms with Crippen LogP contribution in [0.1, 0.15) is 28.4 Å². The lowest BCUT2D eigenvalue weighted by molar-refractivity contribution is -0.144. The van der Waals surface area contributed by atoms with Crippen LogP contribution >= 0.6 is 0 Å². The lowest BCUT2D eigenvalue weighted by atomic mass is 9.96. The van der Waals surface area contributed by atoms with Crippen LogP contribution < -0.4 is 5.32 Å². The molecule has 0 aliphatic rings. The number of ether oxygens (including phenoxy) is 1. The van der Waals surface area contributed by atoms with E-state index in [0.29, 0.717) is 5.56 Å². The Morgan fingerprint density at radius 3 is 2.16 bits per heavy atom. The number of carbonyl (C=O) groups is 2. The molecule has 0 bridgehead atoms. The third kappa shape index (κ3) is 4.67. The van der Waals surface area contributed by atoms with Crippen molar-refractivity contribution in [3.05, 3.63) is 70.8 Å². The van der Waals surface area contributed by atoms with Crippen LogP contribution in [0.2, 0.25) is 0 Å². The molecule has 2 aromatic rings. The molecule has 0 unspecified atom stereocenters. The largest absolute Gasteiger partial charge is 0.480 e. The number of carboxylic acids is 1. The molecule has 0 aliphatic heterocycles. The van der Waals surface area contributed by atoms with Crippen LogP contribution in [0.25, 0.3) is 0 Å². The fourth-order valence-electron chi connectivity index (χ4n) is 2.84. The summed E-state index contributed by atoms with van der Waals surface area (Å²) in [6, 6.07) is 13.8. The molecule has 2 N–H and O–H groups in total. The molecule has 0 saturated carbocycles. The fourth-order valence-corrected chi connectivity index (χ4v) is 2.84. The van der Waals surface area contributed by atoms with Crippen LogP contribution in [-0.2, 0) is 20.7 Å². The minimum atomic E-state index is -1.07. The summed E-state index contributed by atoms with van der Waals surface area (Å²) in [5, 5.41) is 12.1. The van der Waals surface area contributed by atoms with Crippen molar-refractivity contribution in [1.82, 2.24) is 5.32 Å². The van der Waals surface area contributed by atoms with E-state index in [1.54, 1.807) is 24.3 Å². The van der Waals surface area contributed by atoms with E-state index in [9.17, 15) is 14.7 Å². The Labute approximate surface area is 147 Å². The third-order valence-electron chi connectivity index (χ3n) is 4.24. The second kappa shape index (κ2) is 8.44. The van der Waals surface area contributed by atoms with E-state index in [2.05, 4.69) is 5.32 Å². The lowest BCUT2D eigenvalue weighted by Crippen LogP contribution is -2.45. The number of hydrogen-bond donors (Lipinski definition) is 2. The first-order valence-electron chi connectivity index (χ1n) is 8.10. The smallest absolute Gasteiger partial charge is 0.326 e. The van der Waals surface area contributed by atoms with Crippen molar-refractivity contribution < 1.29 is 19.4 Å². The van der Waals surface area contributed by atoms with Crippen LogP contribution in [0.5, 0.6) is 0 Å². The van der Waals surface area contributed by atoms with Crippen LogP contribution in [0.3, 0.4) is 0 Å². The Balaban J connectivity index is 2.18. The van der Waals surface area contributed by atoms with Gasteiger partial charge >= 0.3 is 5.97 Å². The van der Waals surface area contributed by atoms with Gasteiger partial charge in [-0.25, -0.2) is 4.79 Å². The Kier molecular flexibility index (Phi) is 6.31. The normalized spacial score (nSPS) is 13.1. The molecular weight excluding hydrogens is 318 g/mol. The van der Waals surface area contributed by atoms with Gasteiger partial charge in [0, 0.05) is 13.5 Å². The predicted molar refractivity (Wildman–Crippen MR) is 95.4 cm³/mol. The number of methoxy groups -OCH3 is 1. The van der Waals surface area contributed by atoms with Gasteiger partial charge in [-0.3, -0.25) is 4.79 Å². The molecule has 0 saturated heterocycles. The third-order valence-corrected chi connectivity index (χ3v) is 4.24. The second-order valence-corrected chi connectivity index (χ2v) is 6.00. The average molecular weight is 341 g/mol. The van der Waals surface area contributed by atoms with Gasteiger partial charge in [0.2, 0.25) is 0 Å². The van der Waals surface area contributed by atoms with Crippen molar-refractivity contribution >= 4 is 11.9 Å². The van der Waals surface area contributed by atoms with Crippen molar-refractivity contribution in [1.29, 1.82) is 0 Å². The van der Waals surface area contributed by atoms with Crippen molar-refractivity contribution in [3.63, 3.8) is 0 Å². The van der Waals surface area contributed by atoms with E-state index < -0.39 is 24.0 Å². The maximum atomic E-state index is 12.6. The van der Waals surface area contributed by atoms with Crippen molar-refractivity contribution in [2.24, 2.45) is 0 Å². The number of nitrogens with one attached hydrogen (secondary N) is 1. The molecule has 132 valence electrons. The highest BCUT2D eigenvalue weighted by atomic mass is 16.5. The average Bonchev–Trinajstić information content (AvgIpc) is 2.58. The van der Waals surface area contributed by atoms with E-state index >= 15 is 0 Å². The van der Waals surface area contributed by atoms with Gasteiger partial charge in [-0.05, 0) is 36.1 Å². The molecule has 2 atom stereocenters. The minimum absolute atomic E-state index is 0.227. The Hall–Kier alpha value is -2.66. The zero-order valence-corrected chi connectivity index (χ0v) is 14.7. The monoisotopic (exact) mass is 341 g/mol. The fraction of sp³-hybridized carbons (Fsp3) is 0.300. The molecule has 1 amide bonds. The molecule has 2 rings (SSSR count). The Morgan fingerprint density at radius 1 is 1.04 bits per heavy atom. The number of rotatable bonds is 7. The van der Waals surface area contributed by atoms with Crippen LogP contribution in [0, 0.1) is 13.8 Å². The minimum Gasteiger partial charge on any atom is -0.480 e. The van der Waals surface area contributed by atoms with E-state index in [4.69, 9.17) is 4.74 Å². The quantitative estimate of drug-likeness (QED) is 0.812. The van der Waals surface area contributed by atoms with Crippen molar-refractivity contribution in [3.8, 4) is 0 Å². The maximum Gasteiger partial charge on any atom is 0.326 e. The maximum absolute atomic E-state index is 12.6. The zero-order valence-electron chi connectivity index (χ0n) is 14.7. The summed E-state index contributed by atoms with van der Waals surface area (Å²) in [6.07, 6.45) is -0.619. The molecule has 0 radical (unpaired) electrons. The molecule has 0 aromatic heterocycles. The number of benzene rings is 2. The summed E-state index contributed by atoms with van der Waals surface area (Å²) in [6.45, 7) is 3.87. The van der Waals surface area contributed by atoms with E-state index in [-0.39, 0.29) is 6.42 Å². The summed E-state index contributed by atoms with van der Waals surface area (Å²) in [5.41, 5.74) is 3.63. The number of carbonyl (C=O) groups excluding carboxylic acids is 1. The Bertz CT molecular complexity index is 722. The highest BCUT2D eigenvalue weighted by molar-refractivity contribution is 5.87. The molecule has 25 heavy (non-hydrogen) atoms. The van der Waals surface area contributed by atoms with Crippen LogP contribution in [0.15, 0.2) is 48.5 Å². The molecule has 0 aliphatic carbocycles. The van der Waals surface area contributed by atoms with Crippen molar-refractivity contribution in [2.75, 3.05) is 7.11 Å². The van der Waals surface area contributed by atoms with Crippen molar-refractivity contribution in [2.45, 2.75) is 32.4 Å². The zero-order chi connectivity index (χ0) is 18.4. The topological polar surface area (TPSA) is 75.6 Å². The standard InChI is InChI=1S/C20H23NO4/c1-13-8-7-9-14(2)16(13)12-17(20(23)24)21-19(22)18(25-3)15-10-5-4-6-11-15/h4-11,17-18H,12H2,1-3H3,(H,21,22)(H,23,24)/t17-,18-/m0/s1. The molecule has 5 heteroatoms. The van der Waals surface area contributed by atoms with Crippen LogP contribution in [0.4, 0.5) is 0 Å². The predicted octanol–water partition coefficient (Wildman–Crippen LogP) is 2.80. The first-order valence-corrected chi connectivity index (χ1v) is 8.10. The molecule has 5 nitrogen and oxygen atoms in total. The van der Waals surface area contributed by atoms with E-state index in [1.165, 1.54) is 7.11 Å². The number of aryl methyl sites for hydroxylation is 2. The number of aliphatic carboxylic acids is 1. The van der Waals surface area contributed by atoms with Gasteiger partial charge in [-0.2, -0.15) is 0 Å². The Morgan fingerprint density at radius 2 is 1.64 bits per heavy atom. The van der Waals surface area contributed by atoms with Gasteiger partial charge in [0.1, 0.15) is 6.04 Å². The summed E-state index contributed by atoms with van der Waals surface area (Å²) < 4.78 is 5.27. The van der Waals surface area contributed by atoms with Gasteiger partial charge < -0.3 is 15.2 Å². The van der Waals surface area contributed by atoms with Gasteiger partial charge in [0.05, 0.1) is 0 Å². The van der Waals surface area contributed by atoms with Crippen LogP contribution in [-0.4, -0.2) is 30.1 Å². The molecule has 0 heterocycles. The van der Waals surface area contributed by atoms with Gasteiger partial charge in [0.25, 0.3) is 5.91 Å². The van der Waals surface area contributed by atoms with Gasteiger partial charge in [-0.1, -0.05) is 48.5 Å².